The van der Waals surface area contributed by atoms with E-state index < -0.39 is 5.92 Å². The number of anilines is 3. The molecule has 2 aromatic carbocycles. The van der Waals surface area contributed by atoms with Crippen molar-refractivity contribution in [1.82, 2.24) is 5.32 Å². The third-order valence-corrected chi connectivity index (χ3v) is 3.93. The van der Waals surface area contributed by atoms with Crippen LogP contribution in [0.15, 0.2) is 48.5 Å². The highest BCUT2D eigenvalue weighted by Crippen LogP contribution is 2.33. The number of hydrogen-bond donors (Lipinski definition) is 4. The predicted molar refractivity (Wildman–Crippen MR) is 95.6 cm³/mol. The van der Waals surface area contributed by atoms with Crippen LogP contribution < -0.4 is 21.3 Å². The van der Waals surface area contributed by atoms with Crippen molar-refractivity contribution in [3.63, 3.8) is 0 Å². The number of urea groups is 1. The van der Waals surface area contributed by atoms with Gasteiger partial charge in [-0.25, -0.2) is 4.79 Å². The first-order valence-electron chi connectivity index (χ1n) is 7.85. The van der Waals surface area contributed by atoms with E-state index in [4.69, 9.17) is 0 Å². The van der Waals surface area contributed by atoms with Crippen molar-refractivity contribution in [3.05, 3.63) is 54.1 Å². The second-order valence-electron chi connectivity index (χ2n) is 5.67. The summed E-state index contributed by atoms with van der Waals surface area (Å²) in [5, 5.41) is 10.7. The zero-order valence-corrected chi connectivity index (χ0v) is 13.6. The van der Waals surface area contributed by atoms with Crippen LogP contribution in [-0.2, 0) is 9.59 Å². The SMILES string of the molecule is CNC(=O)Nc1cccc(NC(=O)C2CC(=O)Nc3ccccc32)c1. The van der Waals surface area contributed by atoms with E-state index >= 15 is 0 Å². The molecule has 0 radical (unpaired) electrons. The van der Waals surface area contributed by atoms with Crippen LogP contribution in [0, 0.1) is 0 Å². The average Bonchev–Trinajstić information content (AvgIpc) is 2.61. The van der Waals surface area contributed by atoms with Crippen LogP contribution in [0.2, 0.25) is 0 Å². The predicted octanol–water partition coefficient (Wildman–Crippen LogP) is 2.50. The standard InChI is InChI=1S/C18H18N4O3/c1-19-18(25)21-12-6-4-5-11(9-12)20-17(24)14-10-16(23)22-15-8-3-2-7-13(14)15/h2-9,14H,10H2,1H3,(H,20,24)(H,22,23)(H2,19,21,25). The normalized spacial score (nSPS) is 15.6. The van der Waals surface area contributed by atoms with E-state index in [9.17, 15) is 14.4 Å². The molecule has 1 aliphatic rings. The van der Waals surface area contributed by atoms with Crippen LogP contribution in [0.4, 0.5) is 21.9 Å². The minimum absolute atomic E-state index is 0.0963. The van der Waals surface area contributed by atoms with E-state index in [2.05, 4.69) is 21.3 Å². The third kappa shape index (κ3) is 3.77. The van der Waals surface area contributed by atoms with Gasteiger partial charge in [-0.3, -0.25) is 9.59 Å². The zero-order chi connectivity index (χ0) is 17.8. The molecular formula is C18H18N4O3. The molecule has 4 N–H and O–H groups in total. The van der Waals surface area contributed by atoms with Gasteiger partial charge in [0.2, 0.25) is 11.8 Å². The van der Waals surface area contributed by atoms with Crippen molar-refractivity contribution in [2.75, 3.05) is 23.0 Å². The number of hydrogen-bond acceptors (Lipinski definition) is 3. The van der Waals surface area contributed by atoms with Gasteiger partial charge in [0.15, 0.2) is 0 Å². The summed E-state index contributed by atoms with van der Waals surface area (Å²) in [6, 6.07) is 13.7. The first kappa shape index (κ1) is 16.5. The number of para-hydroxylation sites is 1. The number of nitrogens with one attached hydrogen (secondary N) is 4. The zero-order valence-electron chi connectivity index (χ0n) is 13.6. The Balaban J connectivity index is 1.78. The van der Waals surface area contributed by atoms with Gasteiger partial charge in [0, 0.05) is 30.5 Å². The largest absolute Gasteiger partial charge is 0.341 e. The van der Waals surface area contributed by atoms with Crippen LogP contribution in [0.3, 0.4) is 0 Å². The number of carbonyl (C=O) groups is 3. The van der Waals surface area contributed by atoms with Gasteiger partial charge >= 0.3 is 6.03 Å². The van der Waals surface area contributed by atoms with Gasteiger partial charge in [-0.2, -0.15) is 0 Å². The molecule has 7 nitrogen and oxygen atoms in total. The van der Waals surface area contributed by atoms with E-state index in [-0.39, 0.29) is 24.3 Å². The monoisotopic (exact) mass is 338 g/mol. The molecule has 0 aliphatic carbocycles. The van der Waals surface area contributed by atoms with E-state index in [1.807, 2.05) is 18.2 Å². The van der Waals surface area contributed by atoms with Crippen LogP contribution in [-0.4, -0.2) is 24.9 Å². The topological polar surface area (TPSA) is 99.3 Å². The van der Waals surface area contributed by atoms with Crippen molar-refractivity contribution in [1.29, 1.82) is 0 Å². The Bertz CT molecular complexity index is 835. The molecule has 0 bridgehead atoms. The molecular weight excluding hydrogens is 320 g/mol. The fourth-order valence-corrected chi connectivity index (χ4v) is 2.74. The molecule has 25 heavy (non-hydrogen) atoms. The summed E-state index contributed by atoms with van der Waals surface area (Å²) in [4.78, 5) is 35.9. The fourth-order valence-electron chi connectivity index (χ4n) is 2.74. The van der Waals surface area contributed by atoms with Crippen molar-refractivity contribution in [3.8, 4) is 0 Å². The Morgan fingerprint density at radius 1 is 1.04 bits per heavy atom. The lowest BCUT2D eigenvalue weighted by Crippen LogP contribution is -2.30. The lowest BCUT2D eigenvalue weighted by atomic mass is 9.90. The molecule has 0 saturated heterocycles. The first-order chi connectivity index (χ1) is 12.1. The van der Waals surface area contributed by atoms with Crippen LogP contribution in [0.1, 0.15) is 17.9 Å². The van der Waals surface area contributed by atoms with Gasteiger partial charge in [0.1, 0.15) is 0 Å². The molecule has 0 saturated carbocycles. The van der Waals surface area contributed by atoms with E-state index in [0.717, 1.165) is 5.56 Å². The number of fused-ring (bicyclic) bond motifs is 1. The maximum atomic E-state index is 12.7. The number of carbonyl (C=O) groups excluding carboxylic acids is 3. The summed E-state index contributed by atoms with van der Waals surface area (Å²) >= 11 is 0. The molecule has 1 aliphatic heterocycles. The molecule has 1 heterocycles. The molecule has 7 heteroatoms. The van der Waals surface area contributed by atoms with Crippen molar-refractivity contribution < 1.29 is 14.4 Å². The molecule has 1 atom stereocenters. The lowest BCUT2D eigenvalue weighted by Gasteiger charge is -2.24. The highest BCUT2D eigenvalue weighted by molar-refractivity contribution is 6.05. The molecule has 1 unspecified atom stereocenters. The maximum Gasteiger partial charge on any atom is 0.318 e. The van der Waals surface area contributed by atoms with E-state index in [0.29, 0.717) is 17.1 Å². The summed E-state index contributed by atoms with van der Waals surface area (Å²) in [6.45, 7) is 0. The fraction of sp³-hybridized carbons (Fsp3) is 0.167. The first-order valence-corrected chi connectivity index (χ1v) is 7.85. The van der Waals surface area contributed by atoms with Crippen molar-refractivity contribution in [2.45, 2.75) is 12.3 Å². The second kappa shape index (κ2) is 7.04. The highest BCUT2D eigenvalue weighted by Gasteiger charge is 2.30. The Hall–Kier alpha value is -3.35. The Morgan fingerprint density at radius 2 is 1.76 bits per heavy atom. The highest BCUT2D eigenvalue weighted by atomic mass is 16.2. The summed E-state index contributed by atoms with van der Waals surface area (Å²) < 4.78 is 0. The molecule has 4 amide bonds. The quantitative estimate of drug-likeness (QED) is 0.692. The summed E-state index contributed by atoms with van der Waals surface area (Å²) in [7, 11) is 1.52. The minimum Gasteiger partial charge on any atom is -0.341 e. The number of benzene rings is 2. The van der Waals surface area contributed by atoms with Gasteiger partial charge in [0.25, 0.3) is 0 Å². The van der Waals surface area contributed by atoms with Gasteiger partial charge in [-0.1, -0.05) is 24.3 Å². The van der Waals surface area contributed by atoms with E-state index in [1.54, 1.807) is 30.3 Å². The summed E-state index contributed by atoms with van der Waals surface area (Å²) in [5.74, 6) is -1.01. The van der Waals surface area contributed by atoms with Gasteiger partial charge < -0.3 is 21.3 Å². The molecule has 0 fully saturated rings. The smallest absolute Gasteiger partial charge is 0.318 e. The molecule has 0 spiro atoms. The van der Waals surface area contributed by atoms with Gasteiger partial charge in [-0.05, 0) is 29.8 Å². The molecule has 128 valence electrons. The molecule has 2 aromatic rings. The molecule has 0 aromatic heterocycles. The van der Waals surface area contributed by atoms with Crippen LogP contribution in [0.5, 0.6) is 0 Å². The molecule has 3 rings (SSSR count). The number of rotatable bonds is 3. The maximum absolute atomic E-state index is 12.7. The van der Waals surface area contributed by atoms with E-state index in [1.165, 1.54) is 7.05 Å². The van der Waals surface area contributed by atoms with Crippen molar-refractivity contribution >= 4 is 34.9 Å². The third-order valence-electron chi connectivity index (χ3n) is 3.93. The Labute approximate surface area is 144 Å². The van der Waals surface area contributed by atoms with Crippen LogP contribution in [0.25, 0.3) is 0 Å². The summed E-state index contributed by atoms with van der Waals surface area (Å²) in [5.41, 5.74) is 2.55. The Kier molecular flexibility index (Phi) is 4.65. The Morgan fingerprint density at radius 3 is 2.52 bits per heavy atom. The van der Waals surface area contributed by atoms with Gasteiger partial charge in [-0.15, -0.1) is 0 Å². The van der Waals surface area contributed by atoms with Gasteiger partial charge in [0.05, 0.1) is 5.92 Å². The minimum atomic E-state index is -0.555. The average molecular weight is 338 g/mol. The second-order valence-corrected chi connectivity index (χ2v) is 5.67. The summed E-state index contributed by atoms with van der Waals surface area (Å²) in [6.07, 6.45) is 0.0963. The van der Waals surface area contributed by atoms with Crippen LogP contribution >= 0.6 is 0 Å². The lowest BCUT2D eigenvalue weighted by molar-refractivity contribution is -0.123. The van der Waals surface area contributed by atoms with Crippen molar-refractivity contribution in [2.24, 2.45) is 0 Å². The number of amides is 4.